The van der Waals surface area contributed by atoms with Gasteiger partial charge in [0, 0.05) is 31.2 Å². The SMILES string of the molecule is COCCCOC(=O)c1cc2cc(NC(=O)[C@H]3NCC[C@H]3C3CCCCC3)ccc2o1.Cl. The molecule has 1 saturated carbocycles. The molecule has 1 aromatic heterocycles. The van der Waals surface area contributed by atoms with Crippen molar-refractivity contribution in [3.63, 3.8) is 0 Å². The summed E-state index contributed by atoms with van der Waals surface area (Å²) in [4.78, 5) is 25.2. The van der Waals surface area contributed by atoms with Crippen molar-refractivity contribution in [2.75, 3.05) is 32.2 Å². The number of anilines is 1. The molecule has 2 atom stereocenters. The fourth-order valence-electron chi connectivity index (χ4n) is 4.96. The molecular weight excluding hydrogens is 432 g/mol. The molecule has 7 nitrogen and oxygen atoms in total. The van der Waals surface area contributed by atoms with Gasteiger partial charge in [-0.25, -0.2) is 4.79 Å². The molecule has 4 rings (SSSR count). The number of hydrogen-bond donors (Lipinski definition) is 2. The number of benzene rings is 1. The van der Waals surface area contributed by atoms with Gasteiger partial charge in [-0.2, -0.15) is 0 Å². The molecule has 0 spiro atoms. The van der Waals surface area contributed by atoms with Crippen molar-refractivity contribution < 1.29 is 23.5 Å². The fourth-order valence-corrected chi connectivity index (χ4v) is 4.96. The van der Waals surface area contributed by atoms with E-state index in [9.17, 15) is 9.59 Å². The van der Waals surface area contributed by atoms with Crippen LogP contribution in [0.3, 0.4) is 0 Å². The molecule has 2 heterocycles. The van der Waals surface area contributed by atoms with Crippen molar-refractivity contribution in [3.8, 4) is 0 Å². The van der Waals surface area contributed by atoms with E-state index in [1.54, 1.807) is 19.2 Å². The molecule has 0 unspecified atom stereocenters. The number of nitrogens with one attached hydrogen (secondary N) is 2. The monoisotopic (exact) mass is 464 g/mol. The molecule has 8 heteroatoms. The maximum atomic E-state index is 13.0. The van der Waals surface area contributed by atoms with E-state index in [2.05, 4.69) is 10.6 Å². The summed E-state index contributed by atoms with van der Waals surface area (Å²) in [6.45, 7) is 1.71. The van der Waals surface area contributed by atoms with E-state index in [1.165, 1.54) is 32.1 Å². The van der Waals surface area contributed by atoms with E-state index in [1.807, 2.05) is 12.1 Å². The number of halogens is 1. The molecule has 0 radical (unpaired) electrons. The molecule has 2 N–H and O–H groups in total. The first kappa shape index (κ1) is 24.6. The van der Waals surface area contributed by atoms with E-state index in [4.69, 9.17) is 13.9 Å². The summed E-state index contributed by atoms with van der Waals surface area (Å²) in [7, 11) is 1.61. The Labute approximate surface area is 195 Å². The van der Waals surface area contributed by atoms with Gasteiger partial charge >= 0.3 is 5.97 Å². The second-order valence-corrected chi connectivity index (χ2v) is 8.62. The van der Waals surface area contributed by atoms with Crippen LogP contribution < -0.4 is 10.6 Å². The Balaban J connectivity index is 0.00000289. The van der Waals surface area contributed by atoms with Crippen molar-refractivity contribution in [2.24, 2.45) is 11.8 Å². The first-order valence-electron chi connectivity index (χ1n) is 11.4. The van der Waals surface area contributed by atoms with Gasteiger partial charge in [0.1, 0.15) is 5.58 Å². The quantitative estimate of drug-likeness (QED) is 0.440. The number of carbonyl (C=O) groups excluding carboxylic acids is 2. The van der Waals surface area contributed by atoms with Crippen LogP contribution in [0, 0.1) is 11.8 Å². The Hall–Kier alpha value is -2.09. The molecule has 1 saturated heterocycles. The highest BCUT2D eigenvalue weighted by Crippen LogP contribution is 2.36. The van der Waals surface area contributed by atoms with Gasteiger partial charge in [-0.1, -0.05) is 32.1 Å². The Morgan fingerprint density at radius 3 is 2.72 bits per heavy atom. The van der Waals surface area contributed by atoms with E-state index in [0.717, 1.165) is 18.4 Å². The molecule has 1 aromatic carbocycles. The lowest BCUT2D eigenvalue weighted by atomic mass is 9.76. The zero-order valence-electron chi connectivity index (χ0n) is 18.6. The predicted molar refractivity (Wildman–Crippen MR) is 125 cm³/mol. The largest absolute Gasteiger partial charge is 0.460 e. The van der Waals surface area contributed by atoms with Crippen molar-refractivity contribution in [3.05, 3.63) is 30.0 Å². The zero-order valence-corrected chi connectivity index (χ0v) is 19.4. The molecule has 1 aliphatic heterocycles. The van der Waals surface area contributed by atoms with Gasteiger partial charge in [-0.05, 0) is 49.1 Å². The highest BCUT2D eigenvalue weighted by Gasteiger charge is 2.38. The number of esters is 1. The molecular formula is C24H33ClN2O5. The maximum absolute atomic E-state index is 13.0. The number of ether oxygens (including phenoxy) is 2. The Morgan fingerprint density at radius 1 is 1.12 bits per heavy atom. The highest BCUT2D eigenvalue weighted by molar-refractivity contribution is 5.98. The minimum Gasteiger partial charge on any atom is -0.460 e. The normalized spacial score (nSPS) is 21.3. The Kier molecular flexibility index (Phi) is 8.96. The lowest BCUT2D eigenvalue weighted by molar-refractivity contribution is -0.119. The number of hydrogen-bond acceptors (Lipinski definition) is 6. The summed E-state index contributed by atoms with van der Waals surface area (Å²) < 4.78 is 15.8. The highest BCUT2D eigenvalue weighted by atomic mass is 35.5. The summed E-state index contributed by atoms with van der Waals surface area (Å²) in [6, 6.07) is 6.93. The number of fused-ring (bicyclic) bond motifs is 1. The topological polar surface area (TPSA) is 89.8 Å². The number of rotatable bonds is 8. The lowest BCUT2D eigenvalue weighted by Gasteiger charge is -2.30. The van der Waals surface area contributed by atoms with Crippen LogP contribution in [0.4, 0.5) is 5.69 Å². The van der Waals surface area contributed by atoms with Crippen LogP contribution in [-0.2, 0) is 14.3 Å². The minimum atomic E-state index is -0.497. The zero-order chi connectivity index (χ0) is 21.6. The third kappa shape index (κ3) is 5.82. The molecule has 0 bridgehead atoms. The molecule has 176 valence electrons. The summed E-state index contributed by atoms with van der Waals surface area (Å²) >= 11 is 0. The molecule has 1 aliphatic carbocycles. The molecule has 1 amide bonds. The fraction of sp³-hybridized carbons (Fsp3) is 0.583. The smallest absolute Gasteiger partial charge is 0.374 e. The van der Waals surface area contributed by atoms with Crippen LogP contribution >= 0.6 is 12.4 Å². The van der Waals surface area contributed by atoms with Gasteiger partial charge in [-0.15, -0.1) is 12.4 Å². The summed E-state index contributed by atoms with van der Waals surface area (Å²) in [5.74, 6) is 0.744. The van der Waals surface area contributed by atoms with Crippen LogP contribution in [0.15, 0.2) is 28.7 Å². The minimum absolute atomic E-state index is 0. The van der Waals surface area contributed by atoms with Gasteiger partial charge in [-0.3, -0.25) is 4.79 Å². The predicted octanol–water partition coefficient (Wildman–Crippen LogP) is 4.54. The van der Waals surface area contributed by atoms with Crippen LogP contribution in [0.5, 0.6) is 0 Å². The van der Waals surface area contributed by atoms with Gasteiger partial charge in [0.2, 0.25) is 11.7 Å². The van der Waals surface area contributed by atoms with E-state index in [-0.39, 0.29) is 36.7 Å². The maximum Gasteiger partial charge on any atom is 0.374 e. The van der Waals surface area contributed by atoms with E-state index < -0.39 is 5.97 Å². The number of carbonyl (C=O) groups is 2. The molecule has 32 heavy (non-hydrogen) atoms. The summed E-state index contributed by atoms with van der Waals surface area (Å²) in [6.07, 6.45) is 8.06. The van der Waals surface area contributed by atoms with E-state index in [0.29, 0.717) is 36.1 Å². The number of furan rings is 1. The standard InChI is InChI=1S/C24H32N2O5.ClH/c1-29-12-5-13-30-24(28)21-15-17-14-18(8-9-20(17)31-21)26-23(27)22-19(10-11-25-22)16-6-3-2-4-7-16;/h8-9,14-16,19,22,25H,2-7,10-13H2,1H3,(H,26,27);1H/t19-,22-;/m0./s1. The summed E-state index contributed by atoms with van der Waals surface area (Å²) in [5, 5.41) is 7.22. The third-order valence-corrected chi connectivity index (χ3v) is 6.52. The number of methoxy groups -OCH3 is 1. The molecule has 2 fully saturated rings. The third-order valence-electron chi connectivity index (χ3n) is 6.52. The summed E-state index contributed by atoms with van der Waals surface area (Å²) in [5.41, 5.74) is 1.29. The van der Waals surface area contributed by atoms with Gasteiger partial charge in [0.15, 0.2) is 0 Å². The van der Waals surface area contributed by atoms with Crippen molar-refractivity contribution in [2.45, 2.75) is 51.0 Å². The Morgan fingerprint density at radius 2 is 1.94 bits per heavy atom. The van der Waals surface area contributed by atoms with E-state index >= 15 is 0 Å². The van der Waals surface area contributed by atoms with Crippen molar-refractivity contribution in [1.82, 2.24) is 5.32 Å². The Bertz CT molecular complexity index is 909. The van der Waals surface area contributed by atoms with Crippen LogP contribution in [-0.4, -0.2) is 44.8 Å². The van der Waals surface area contributed by atoms with Gasteiger partial charge < -0.3 is 24.5 Å². The van der Waals surface area contributed by atoms with Crippen molar-refractivity contribution >= 4 is 40.9 Å². The molecule has 2 aromatic rings. The average molecular weight is 465 g/mol. The second-order valence-electron chi connectivity index (χ2n) is 8.62. The van der Waals surface area contributed by atoms with Crippen LogP contribution in [0.25, 0.3) is 11.0 Å². The van der Waals surface area contributed by atoms with Crippen LogP contribution in [0.1, 0.15) is 55.5 Å². The second kappa shape index (κ2) is 11.7. The average Bonchev–Trinajstić information content (AvgIpc) is 3.44. The number of amides is 1. The molecule has 2 aliphatic rings. The lowest BCUT2D eigenvalue weighted by Crippen LogP contribution is -2.42. The van der Waals surface area contributed by atoms with Gasteiger partial charge in [0.25, 0.3) is 0 Å². The first-order chi connectivity index (χ1) is 15.2. The van der Waals surface area contributed by atoms with Crippen molar-refractivity contribution in [1.29, 1.82) is 0 Å². The van der Waals surface area contributed by atoms with Crippen LogP contribution in [0.2, 0.25) is 0 Å². The first-order valence-corrected chi connectivity index (χ1v) is 11.4. The van der Waals surface area contributed by atoms with Gasteiger partial charge in [0.05, 0.1) is 12.6 Å².